The van der Waals surface area contributed by atoms with E-state index in [0.717, 1.165) is 9.13 Å². The quantitative estimate of drug-likeness (QED) is 0.769. The first-order valence-electron chi connectivity index (χ1n) is 4.55. The highest BCUT2D eigenvalue weighted by molar-refractivity contribution is 14.1. The molecule has 0 bridgehead atoms. The van der Waals surface area contributed by atoms with Crippen LogP contribution in [0.4, 0.5) is 0 Å². The SMILES string of the molecule is CC(C)N(C)C(=O)c1cccc(I)c1. The number of benzene rings is 1. The van der Waals surface area contributed by atoms with E-state index in [1.54, 1.807) is 4.90 Å². The van der Waals surface area contributed by atoms with Crippen LogP contribution in [0.15, 0.2) is 24.3 Å². The zero-order valence-electron chi connectivity index (χ0n) is 8.62. The van der Waals surface area contributed by atoms with Crippen molar-refractivity contribution in [3.8, 4) is 0 Å². The third-order valence-corrected chi connectivity index (χ3v) is 2.84. The zero-order chi connectivity index (χ0) is 10.7. The summed E-state index contributed by atoms with van der Waals surface area (Å²) in [5, 5.41) is 0. The maximum Gasteiger partial charge on any atom is 0.253 e. The van der Waals surface area contributed by atoms with Crippen LogP contribution in [-0.4, -0.2) is 23.9 Å². The van der Waals surface area contributed by atoms with Crippen molar-refractivity contribution < 1.29 is 4.79 Å². The van der Waals surface area contributed by atoms with Gasteiger partial charge in [0.05, 0.1) is 0 Å². The molecule has 0 aliphatic rings. The Labute approximate surface area is 98.4 Å². The molecular weight excluding hydrogens is 289 g/mol. The molecule has 0 aromatic heterocycles. The Kier molecular flexibility index (Phi) is 3.92. The molecular formula is C11H14INO. The van der Waals surface area contributed by atoms with Crippen LogP contribution in [0.25, 0.3) is 0 Å². The Morgan fingerprint density at radius 2 is 2.07 bits per heavy atom. The van der Waals surface area contributed by atoms with Crippen molar-refractivity contribution in [3.05, 3.63) is 33.4 Å². The van der Waals surface area contributed by atoms with Crippen molar-refractivity contribution in [2.24, 2.45) is 0 Å². The molecule has 2 nitrogen and oxygen atoms in total. The molecule has 76 valence electrons. The molecule has 1 aromatic carbocycles. The molecule has 0 unspecified atom stereocenters. The smallest absolute Gasteiger partial charge is 0.253 e. The second-order valence-electron chi connectivity index (χ2n) is 3.52. The molecule has 0 fully saturated rings. The molecule has 0 saturated carbocycles. The van der Waals surface area contributed by atoms with Gasteiger partial charge in [-0.2, -0.15) is 0 Å². The van der Waals surface area contributed by atoms with E-state index in [9.17, 15) is 4.79 Å². The van der Waals surface area contributed by atoms with Crippen LogP contribution in [0.5, 0.6) is 0 Å². The first-order chi connectivity index (χ1) is 6.52. The van der Waals surface area contributed by atoms with E-state index >= 15 is 0 Å². The highest BCUT2D eigenvalue weighted by Gasteiger charge is 2.13. The Hall–Kier alpha value is -0.580. The lowest BCUT2D eigenvalue weighted by atomic mass is 10.2. The van der Waals surface area contributed by atoms with E-state index in [1.807, 2.05) is 45.2 Å². The summed E-state index contributed by atoms with van der Waals surface area (Å²) in [5.41, 5.74) is 0.758. The predicted octanol–water partition coefficient (Wildman–Crippen LogP) is 2.77. The normalized spacial score (nSPS) is 10.4. The minimum Gasteiger partial charge on any atom is -0.339 e. The second-order valence-corrected chi connectivity index (χ2v) is 4.77. The van der Waals surface area contributed by atoms with Crippen LogP contribution in [-0.2, 0) is 0 Å². The van der Waals surface area contributed by atoms with Crippen LogP contribution in [0.1, 0.15) is 24.2 Å². The maximum absolute atomic E-state index is 11.9. The predicted molar refractivity (Wildman–Crippen MR) is 66.4 cm³/mol. The number of carbonyl (C=O) groups excluding carboxylic acids is 1. The number of hydrogen-bond acceptors (Lipinski definition) is 1. The van der Waals surface area contributed by atoms with E-state index in [0.29, 0.717) is 0 Å². The summed E-state index contributed by atoms with van der Waals surface area (Å²) < 4.78 is 1.09. The molecule has 0 spiro atoms. The molecule has 1 aromatic rings. The van der Waals surface area contributed by atoms with Gasteiger partial charge in [-0.1, -0.05) is 6.07 Å². The average molecular weight is 303 g/mol. The largest absolute Gasteiger partial charge is 0.339 e. The summed E-state index contributed by atoms with van der Waals surface area (Å²) >= 11 is 2.21. The third kappa shape index (κ3) is 2.70. The first kappa shape index (κ1) is 11.5. The highest BCUT2D eigenvalue weighted by Crippen LogP contribution is 2.10. The van der Waals surface area contributed by atoms with Gasteiger partial charge in [-0.25, -0.2) is 0 Å². The molecule has 1 amide bonds. The van der Waals surface area contributed by atoms with E-state index in [1.165, 1.54) is 0 Å². The summed E-state index contributed by atoms with van der Waals surface area (Å²) in [5.74, 6) is 0.0820. The fraction of sp³-hybridized carbons (Fsp3) is 0.364. The summed E-state index contributed by atoms with van der Waals surface area (Å²) in [6.45, 7) is 4.01. The first-order valence-corrected chi connectivity index (χ1v) is 5.63. The van der Waals surface area contributed by atoms with Gasteiger partial charge in [0, 0.05) is 22.2 Å². The van der Waals surface area contributed by atoms with Gasteiger partial charge in [0.1, 0.15) is 0 Å². The molecule has 0 saturated heterocycles. The highest BCUT2D eigenvalue weighted by atomic mass is 127. The van der Waals surface area contributed by atoms with Gasteiger partial charge in [0.2, 0.25) is 0 Å². The Morgan fingerprint density at radius 1 is 1.43 bits per heavy atom. The van der Waals surface area contributed by atoms with Gasteiger partial charge in [-0.3, -0.25) is 4.79 Å². The van der Waals surface area contributed by atoms with Gasteiger partial charge in [0.15, 0.2) is 0 Å². The Bertz CT molecular complexity index is 336. The monoisotopic (exact) mass is 303 g/mol. The topological polar surface area (TPSA) is 20.3 Å². The number of carbonyl (C=O) groups is 1. The van der Waals surface area contributed by atoms with Gasteiger partial charge in [-0.15, -0.1) is 0 Å². The zero-order valence-corrected chi connectivity index (χ0v) is 10.8. The number of hydrogen-bond donors (Lipinski definition) is 0. The van der Waals surface area contributed by atoms with E-state index in [4.69, 9.17) is 0 Å². The Morgan fingerprint density at radius 3 is 2.57 bits per heavy atom. The van der Waals surface area contributed by atoms with E-state index in [-0.39, 0.29) is 11.9 Å². The van der Waals surface area contributed by atoms with Gasteiger partial charge in [-0.05, 0) is 54.6 Å². The molecule has 14 heavy (non-hydrogen) atoms. The molecule has 3 heteroatoms. The number of amides is 1. The standard InChI is InChI=1S/C11H14INO/c1-8(2)13(3)11(14)9-5-4-6-10(12)7-9/h4-8H,1-3H3. The lowest BCUT2D eigenvalue weighted by molar-refractivity contribution is 0.0755. The summed E-state index contributed by atoms with van der Waals surface area (Å²) in [7, 11) is 1.83. The fourth-order valence-corrected chi connectivity index (χ4v) is 1.60. The molecule has 0 atom stereocenters. The van der Waals surface area contributed by atoms with Crippen molar-refractivity contribution in [3.63, 3.8) is 0 Å². The minimum atomic E-state index is 0.0820. The van der Waals surface area contributed by atoms with Crippen molar-refractivity contribution >= 4 is 28.5 Å². The Balaban J connectivity index is 2.89. The molecule has 0 heterocycles. The lowest BCUT2D eigenvalue weighted by Gasteiger charge is -2.21. The van der Waals surface area contributed by atoms with Crippen molar-refractivity contribution in [2.75, 3.05) is 7.05 Å². The number of nitrogens with zero attached hydrogens (tertiary/aromatic N) is 1. The van der Waals surface area contributed by atoms with Crippen molar-refractivity contribution in [2.45, 2.75) is 19.9 Å². The van der Waals surface area contributed by atoms with Gasteiger partial charge >= 0.3 is 0 Å². The molecule has 0 N–H and O–H groups in total. The average Bonchev–Trinajstić information content (AvgIpc) is 2.15. The summed E-state index contributed by atoms with van der Waals surface area (Å²) in [6, 6.07) is 7.88. The number of rotatable bonds is 2. The van der Waals surface area contributed by atoms with Crippen LogP contribution in [0, 0.1) is 3.57 Å². The third-order valence-electron chi connectivity index (χ3n) is 2.17. The second kappa shape index (κ2) is 4.77. The molecule has 0 aliphatic heterocycles. The van der Waals surface area contributed by atoms with Crippen LogP contribution < -0.4 is 0 Å². The van der Waals surface area contributed by atoms with Crippen molar-refractivity contribution in [1.82, 2.24) is 4.90 Å². The van der Waals surface area contributed by atoms with Crippen molar-refractivity contribution in [1.29, 1.82) is 0 Å². The molecule has 0 aliphatic carbocycles. The van der Waals surface area contributed by atoms with Gasteiger partial charge in [0.25, 0.3) is 5.91 Å². The summed E-state index contributed by atoms with van der Waals surface area (Å²) in [4.78, 5) is 13.6. The minimum absolute atomic E-state index is 0.0820. The summed E-state index contributed by atoms with van der Waals surface area (Å²) in [6.07, 6.45) is 0. The number of halogens is 1. The molecule has 1 rings (SSSR count). The maximum atomic E-state index is 11.9. The van der Waals surface area contributed by atoms with Crippen LogP contribution >= 0.6 is 22.6 Å². The van der Waals surface area contributed by atoms with E-state index < -0.39 is 0 Å². The molecule has 0 radical (unpaired) electrons. The van der Waals surface area contributed by atoms with Crippen LogP contribution in [0.2, 0.25) is 0 Å². The lowest BCUT2D eigenvalue weighted by Crippen LogP contribution is -2.32. The van der Waals surface area contributed by atoms with Crippen LogP contribution in [0.3, 0.4) is 0 Å². The van der Waals surface area contributed by atoms with E-state index in [2.05, 4.69) is 22.6 Å². The fourth-order valence-electron chi connectivity index (χ4n) is 1.06. The van der Waals surface area contributed by atoms with Gasteiger partial charge < -0.3 is 4.90 Å².